The minimum absolute atomic E-state index is 0.179. The molecule has 2 heterocycles. The molecular formula is C15H15NO4S. The van der Waals surface area contributed by atoms with Crippen LogP contribution in [0.15, 0.2) is 45.7 Å². The lowest BCUT2D eigenvalue weighted by atomic mass is 10.2. The molecule has 0 N–H and O–H groups in total. The standard InChI is InChI=1S/C15H15NO4S/c17-11-12-7-8-14(20-12)13-5-1-2-6-15(13)21(18,19)16-9-3-4-10-16/h1-2,5-8,11H,3-4,9-10H2. The van der Waals surface area contributed by atoms with Crippen LogP contribution in [0.1, 0.15) is 23.4 Å². The molecule has 0 atom stereocenters. The fraction of sp³-hybridized carbons (Fsp3) is 0.267. The number of rotatable bonds is 4. The molecule has 0 aliphatic carbocycles. The van der Waals surface area contributed by atoms with Crippen molar-refractivity contribution in [1.29, 1.82) is 0 Å². The molecule has 2 aromatic rings. The molecule has 1 aliphatic heterocycles. The van der Waals surface area contributed by atoms with Crippen LogP contribution in [0, 0.1) is 0 Å². The van der Waals surface area contributed by atoms with Crippen LogP contribution in [0.3, 0.4) is 0 Å². The lowest BCUT2D eigenvalue weighted by Gasteiger charge is -2.17. The molecule has 5 nitrogen and oxygen atoms in total. The molecule has 6 heteroatoms. The van der Waals surface area contributed by atoms with Gasteiger partial charge in [-0.1, -0.05) is 12.1 Å². The molecule has 0 radical (unpaired) electrons. The van der Waals surface area contributed by atoms with Crippen molar-refractivity contribution < 1.29 is 17.6 Å². The predicted octanol–water partition coefficient (Wildman–Crippen LogP) is 2.54. The number of hydrogen-bond acceptors (Lipinski definition) is 4. The summed E-state index contributed by atoms with van der Waals surface area (Å²) < 4.78 is 32.3. The molecule has 0 spiro atoms. The smallest absolute Gasteiger partial charge is 0.243 e. The van der Waals surface area contributed by atoms with E-state index in [0.717, 1.165) is 12.8 Å². The highest BCUT2D eigenvalue weighted by molar-refractivity contribution is 7.89. The molecule has 0 saturated carbocycles. The Hall–Kier alpha value is -1.92. The summed E-state index contributed by atoms with van der Waals surface area (Å²) in [6.45, 7) is 1.10. The average molecular weight is 305 g/mol. The van der Waals surface area contributed by atoms with Crippen molar-refractivity contribution >= 4 is 16.3 Å². The van der Waals surface area contributed by atoms with Crippen LogP contribution < -0.4 is 0 Å². The zero-order valence-electron chi connectivity index (χ0n) is 11.4. The molecule has 0 unspecified atom stereocenters. The molecule has 3 rings (SSSR count). The van der Waals surface area contributed by atoms with Gasteiger partial charge in [-0.05, 0) is 37.1 Å². The number of carbonyl (C=O) groups is 1. The monoisotopic (exact) mass is 305 g/mol. The Kier molecular flexibility index (Phi) is 3.65. The van der Waals surface area contributed by atoms with E-state index in [0.29, 0.717) is 30.7 Å². The maximum atomic E-state index is 12.7. The average Bonchev–Trinajstić information content (AvgIpc) is 3.18. The van der Waals surface area contributed by atoms with Gasteiger partial charge in [0.25, 0.3) is 0 Å². The predicted molar refractivity (Wildman–Crippen MR) is 77.5 cm³/mol. The maximum Gasteiger partial charge on any atom is 0.243 e. The van der Waals surface area contributed by atoms with Gasteiger partial charge < -0.3 is 4.42 Å². The van der Waals surface area contributed by atoms with Crippen LogP contribution in [0.5, 0.6) is 0 Å². The number of hydrogen-bond donors (Lipinski definition) is 0. The SMILES string of the molecule is O=Cc1ccc(-c2ccccc2S(=O)(=O)N2CCCC2)o1. The van der Waals surface area contributed by atoms with E-state index >= 15 is 0 Å². The van der Waals surface area contributed by atoms with Gasteiger partial charge in [-0.2, -0.15) is 4.31 Å². The van der Waals surface area contributed by atoms with Crippen molar-refractivity contribution in [2.75, 3.05) is 13.1 Å². The first-order valence-corrected chi connectivity index (χ1v) is 8.21. The third-order valence-corrected chi connectivity index (χ3v) is 5.54. The molecule has 1 saturated heterocycles. The molecule has 0 bridgehead atoms. The Balaban J connectivity index is 2.09. The van der Waals surface area contributed by atoms with Crippen molar-refractivity contribution in [2.45, 2.75) is 17.7 Å². The number of furan rings is 1. The Labute approximate surface area is 123 Å². The zero-order valence-corrected chi connectivity index (χ0v) is 12.2. The van der Waals surface area contributed by atoms with Gasteiger partial charge in [0, 0.05) is 18.7 Å². The van der Waals surface area contributed by atoms with E-state index < -0.39 is 10.0 Å². The van der Waals surface area contributed by atoms with Gasteiger partial charge in [0.1, 0.15) is 5.76 Å². The highest BCUT2D eigenvalue weighted by Crippen LogP contribution is 2.31. The maximum absolute atomic E-state index is 12.7. The van der Waals surface area contributed by atoms with Crippen LogP contribution in [-0.4, -0.2) is 32.1 Å². The number of sulfonamides is 1. The van der Waals surface area contributed by atoms with Crippen molar-refractivity contribution in [2.24, 2.45) is 0 Å². The summed E-state index contributed by atoms with van der Waals surface area (Å²) >= 11 is 0. The van der Waals surface area contributed by atoms with E-state index in [2.05, 4.69) is 0 Å². The number of carbonyl (C=O) groups excluding carboxylic acids is 1. The molecule has 1 aromatic carbocycles. The quantitative estimate of drug-likeness (QED) is 0.814. The fourth-order valence-electron chi connectivity index (χ4n) is 2.52. The summed E-state index contributed by atoms with van der Waals surface area (Å²) in [6, 6.07) is 9.85. The van der Waals surface area contributed by atoms with E-state index in [4.69, 9.17) is 4.42 Å². The Bertz CT molecular complexity index is 757. The van der Waals surface area contributed by atoms with Gasteiger partial charge in [-0.3, -0.25) is 4.79 Å². The zero-order chi connectivity index (χ0) is 14.9. The van der Waals surface area contributed by atoms with E-state index in [1.165, 1.54) is 10.4 Å². The van der Waals surface area contributed by atoms with Crippen molar-refractivity contribution in [3.63, 3.8) is 0 Å². The second kappa shape index (κ2) is 5.46. The molecule has 21 heavy (non-hydrogen) atoms. The van der Waals surface area contributed by atoms with E-state index in [1.807, 2.05) is 0 Å². The van der Waals surface area contributed by atoms with Gasteiger partial charge in [-0.25, -0.2) is 8.42 Å². The van der Waals surface area contributed by atoms with Crippen LogP contribution in [0.25, 0.3) is 11.3 Å². The third-order valence-electron chi connectivity index (χ3n) is 3.58. The van der Waals surface area contributed by atoms with E-state index in [-0.39, 0.29) is 10.7 Å². The van der Waals surface area contributed by atoms with Crippen molar-refractivity contribution in [3.8, 4) is 11.3 Å². The Morgan fingerprint density at radius 1 is 1.05 bits per heavy atom. The van der Waals surface area contributed by atoms with Crippen molar-refractivity contribution in [1.82, 2.24) is 4.31 Å². The second-order valence-corrected chi connectivity index (χ2v) is 6.83. The molecule has 1 aliphatic rings. The van der Waals surface area contributed by atoms with E-state index in [9.17, 15) is 13.2 Å². The van der Waals surface area contributed by atoms with Crippen molar-refractivity contribution in [3.05, 3.63) is 42.2 Å². The summed E-state index contributed by atoms with van der Waals surface area (Å²) in [5, 5.41) is 0. The van der Waals surface area contributed by atoms with E-state index in [1.54, 1.807) is 30.3 Å². The third kappa shape index (κ3) is 2.52. The summed E-state index contributed by atoms with van der Waals surface area (Å²) in [6.07, 6.45) is 2.37. The molecule has 1 aromatic heterocycles. The number of nitrogens with zero attached hydrogens (tertiary/aromatic N) is 1. The summed E-state index contributed by atoms with van der Waals surface area (Å²) in [5.74, 6) is 0.564. The minimum Gasteiger partial charge on any atom is -0.453 e. The minimum atomic E-state index is -3.53. The van der Waals surface area contributed by atoms with Gasteiger partial charge in [0.05, 0.1) is 4.90 Å². The Morgan fingerprint density at radius 3 is 2.43 bits per heavy atom. The Morgan fingerprint density at radius 2 is 1.76 bits per heavy atom. The first-order valence-electron chi connectivity index (χ1n) is 6.77. The number of aldehydes is 1. The molecule has 1 fully saturated rings. The highest BCUT2D eigenvalue weighted by atomic mass is 32.2. The first kappa shape index (κ1) is 14.0. The van der Waals surface area contributed by atoms with Crippen LogP contribution in [-0.2, 0) is 10.0 Å². The lowest BCUT2D eigenvalue weighted by Crippen LogP contribution is -2.28. The largest absolute Gasteiger partial charge is 0.453 e. The summed E-state index contributed by atoms with van der Waals surface area (Å²) in [5.41, 5.74) is 0.484. The van der Waals surface area contributed by atoms with Crippen LogP contribution >= 0.6 is 0 Å². The lowest BCUT2D eigenvalue weighted by molar-refractivity contribution is 0.110. The van der Waals surface area contributed by atoms with Crippen LogP contribution in [0.4, 0.5) is 0 Å². The second-order valence-electron chi connectivity index (χ2n) is 4.93. The summed E-state index contributed by atoms with van der Waals surface area (Å²) in [7, 11) is -3.53. The molecule has 0 amide bonds. The topological polar surface area (TPSA) is 67.6 Å². The molecule has 110 valence electrons. The van der Waals surface area contributed by atoms with Crippen LogP contribution in [0.2, 0.25) is 0 Å². The summed E-state index contributed by atoms with van der Waals surface area (Å²) in [4.78, 5) is 10.9. The first-order chi connectivity index (χ1) is 10.1. The van der Waals surface area contributed by atoms with Gasteiger partial charge in [-0.15, -0.1) is 0 Å². The molecular weight excluding hydrogens is 290 g/mol. The van der Waals surface area contributed by atoms with Gasteiger partial charge in [0.2, 0.25) is 10.0 Å². The number of benzene rings is 1. The normalized spacial score (nSPS) is 16.2. The highest BCUT2D eigenvalue weighted by Gasteiger charge is 2.29. The van der Waals surface area contributed by atoms with Gasteiger partial charge >= 0.3 is 0 Å². The van der Waals surface area contributed by atoms with Gasteiger partial charge in [0.15, 0.2) is 12.0 Å². The fourth-order valence-corrected chi connectivity index (χ4v) is 4.24.